The molecule has 0 radical (unpaired) electrons. The molecule has 0 fully saturated rings. The minimum Gasteiger partial charge on any atom is -0.463 e. The summed E-state index contributed by atoms with van der Waals surface area (Å²) >= 11 is 0. The fourth-order valence-corrected chi connectivity index (χ4v) is 2.53. The minimum atomic E-state index is -4.29. The van der Waals surface area contributed by atoms with Gasteiger partial charge in [0, 0.05) is 6.08 Å². The van der Waals surface area contributed by atoms with Crippen LogP contribution in [-0.2, 0) is 18.6 Å². The van der Waals surface area contributed by atoms with Crippen molar-refractivity contribution in [3.05, 3.63) is 12.2 Å². The molecule has 0 heterocycles. The van der Waals surface area contributed by atoms with E-state index in [1.165, 1.54) is 25.3 Å². The fraction of sp³-hybridized carbons (Fsp3) is 0.812. The average molecular weight is 350 g/mol. The van der Waals surface area contributed by atoms with Crippen molar-refractivity contribution in [2.75, 3.05) is 13.2 Å². The minimum absolute atomic E-state index is 0.128. The topological polar surface area (TPSA) is 93.1 Å². The Morgan fingerprint density at radius 3 is 1.74 bits per heavy atom. The molecule has 0 aliphatic carbocycles. The highest BCUT2D eigenvalue weighted by Crippen LogP contribution is 2.35. The first-order valence-electron chi connectivity index (χ1n) is 8.45. The lowest BCUT2D eigenvalue weighted by Crippen LogP contribution is -2.01. The molecule has 0 amide bonds. The van der Waals surface area contributed by atoms with E-state index in [1.54, 1.807) is 13.0 Å². The number of phosphoric ester groups is 1. The van der Waals surface area contributed by atoms with Crippen molar-refractivity contribution in [1.29, 1.82) is 0 Å². The van der Waals surface area contributed by atoms with Crippen LogP contribution in [0, 0.1) is 0 Å². The standard InChI is InChI=1S/C16H31O6P/c1-2-13-16(17)21-14-11-9-7-5-3-4-6-8-10-12-15-22-23(18,19)20/h2,13H,3-12,14-15H2,1H3,(H2,18,19,20). The summed E-state index contributed by atoms with van der Waals surface area (Å²) in [5.41, 5.74) is 0. The first-order valence-corrected chi connectivity index (χ1v) is 9.98. The molecule has 0 aromatic rings. The molecule has 0 aromatic heterocycles. The smallest absolute Gasteiger partial charge is 0.463 e. The highest BCUT2D eigenvalue weighted by atomic mass is 31.2. The Morgan fingerprint density at radius 2 is 1.30 bits per heavy atom. The molecule has 0 atom stereocenters. The zero-order chi connectivity index (χ0) is 17.4. The molecule has 0 aliphatic heterocycles. The van der Waals surface area contributed by atoms with Crippen LogP contribution in [-0.4, -0.2) is 29.0 Å². The Bertz CT molecular complexity index is 364. The summed E-state index contributed by atoms with van der Waals surface area (Å²) in [5, 5.41) is 0. The van der Waals surface area contributed by atoms with Crippen LogP contribution >= 0.6 is 7.82 Å². The van der Waals surface area contributed by atoms with Gasteiger partial charge in [-0.15, -0.1) is 0 Å². The lowest BCUT2D eigenvalue weighted by Gasteiger charge is -2.05. The first kappa shape index (κ1) is 22.3. The highest BCUT2D eigenvalue weighted by Gasteiger charge is 2.12. The van der Waals surface area contributed by atoms with E-state index in [0.29, 0.717) is 13.0 Å². The van der Waals surface area contributed by atoms with Crippen molar-refractivity contribution in [1.82, 2.24) is 0 Å². The molecular formula is C16H31O6P. The van der Waals surface area contributed by atoms with Gasteiger partial charge in [0.15, 0.2) is 0 Å². The molecule has 2 N–H and O–H groups in total. The maximum absolute atomic E-state index is 11.0. The van der Waals surface area contributed by atoms with E-state index < -0.39 is 7.82 Å². The van der Waals surface area contributed by atoms with Crippen LogP contribution in [0.25, 0.3) is 0 Å². The lowest BCUT2D eigenvalue weighted by atomic mass is 10.1. The SMILES string of the molecule is CC=CC(=O)OCCCCCCCCCCCCOP(=O)(O)O. The number of carbonyl (C=O) groups excluding carboxylic acids is 1. The Kier molecular flexibility index (Phi) is 14.4. The van der Waals surface area contributed by atoms with Crippen LogP contribution in [0.1, 0.15) is 71.1 Å². The molecule has 0 rings (SSSR count). The van der Waals surface area contributed by atoms with Crippen LogP contribution in [0.15, 0.2) is 12.2 Å². The number of hydrogen-bond donors (Lipinski definition) is 2. The van der Waals surface area contributed by atoms with Crippen LogP contribution in [0.4, 0.5) is 0 Å². The maximum Gasteiger partial charge on any atom is 0.469 e. The summed E-state index contributed by atoms with van der Waals surface area (Å²) in [5.74, 6) is -0.265. The largest absolute Gasteiger partial charge is 0.469 e. The normalized spacial score (nSPS) is 12.0. The second-order valence-electron chi connectivity index (χ2n) is 5.53. The van der Waals surface area contributed by atoms with Gasteiger partial charge >= 0.3 is 13.8 Å². The third-order valence-electron chi connectivity index (χ3n) is 3.35. The van der Waals surface area contributed by atoms with Crippen LogP contribution in [0.2, 0.25) is 0 Å². The summed E-state index contributed by atoms with van der Waals surface area (Å²) in [4.78, 5) is 28.1. The molecule has 0 bridgehead atoms. The van der Waals surface area contributed by atoms with E-state index in [9.17, 15) is 9.36 Å². The maximum atomic E-state index is 11.0. The first-order chi connectivity index (χ1) is 11.0. The Labute approximate surface area is 139 Å². The Balaban J connectivity index is 3.14. The predicted octanol–water partition coefficient (Wildman–Crippen LogP) is 4.12. The van der Waals surface area contributed by atoms with Gasteiger partial charge in [-0.3, -0.25) is 4.52 Å². The Morgan fingerprint density at radius 1 is 0.870 bits per heavy atom. The summed E-state index contributed by atoms with van der Waals surface area (Å²) in [6.07, 6.45) is 13.7. The monoisotopic (exact) mass is 350 g/mol. The van der Waals surface area contributed by atoms with Gasteiger partial charge in [0.1, 0.15) is 0 Å². The number of esters is 1. The van der Waals surface area contributed by atoms with Gasteiger partial charge in [0.05, 0.1) is 13.2 Å². The van der Waals surface area contributed by atoms with Gasteiger partial charge in [0.2, 0.25) is 0 Å². The number of carbonyl (C=O) groups is 1. The van der Waals surface area contributed by atoms with Crippen LogP contribution in [0.3, 0.4) is 0 Å². The zero-order valence-corrected chi connectivity index (χ0v) is 15.0. The van der Waals surface area contributed by atoms with E-state index in [-0.39, 0.29) is 12.6 Å². The van der Waals surface area contributed by atoms with Crippen molar-refractivity contribution in [3.8, 4) is 0 Å². The van der Waals surface area contributed by atoms with Gasteiger partial charge in [0.25, 0.3) is 0 Å². The van der Waals surface area contributed by atoms with E-state index in [2.05, 4.69) is 4.52 Å². The lowest BCUT2D eigenvalue weighted by molar-refractivity contribution is -0.137. The number of ether oxygens (including phenoxy) is 1. The molecule has 0 saturated heterocycles. The second kappa shape index (κ2) is 14.9. The molecule has 0 saturated carbocycles. The second-order valence-corrected chi connectivity index (χ2v) is 6.77. The van der Waals surface area contributed by atoms with E-state index in [1.807, 2.05) is 0 Å². The molecular weight excluding hydrogens is 319 g/mol. The van der Waals surface area contributed by atoms with Crippen LogP contribution < -0.4 is 0 Å². The molecule has 0 unspecified atom stereocenters. The van der Waals surface area contributed by atoms with Gasteiger partial charge < -0.3 is 14.5 Å². The average Bonchev–Trinajstić information content (AvgIpc) is 2.46. The fourth-order valence-electron chi connectivity index (χ4n) is 2.16. The highest BCUT2D eigenvalue weighted by molar-refractivity contribution is 7.46. The predicted molar refractivity (Wildman–Crippen MR) is 89.9 cm³/mol. The summed E-state index contributed by atoms with van der Waals surface area (Å²) in [7, 11) is -4.29. The number of unbranched alkanes of at least 4 members (excludes halogenated alkanes) is 9. The van der Waals surface area contributed by atoms with E-state index in [0.717, 1.165) is 38.5 Å². The molecule has 6 nitrogen and oxygen atoms in total. The Hall–Kier alpha value is -0.680. The van der Waals surface area contributed by atoms with Gasteiger partial charge in [-0.1, -0.05) is 57.4 Å². The van der Waals surface area contributed by atoms with Crippen molar-refractivity contribution < 1.29 is 28.4 Å². The van der Waals surface area contributed by atoms with Gasteiger partial charge in [-0.25, -0.2) is 9.36 Å². The van der Waals surface area contributed by atoms with Crippen molar-refractivity contribution >= 4 is 13.8 Å². The number of phosphoric acid groups is 1. The van der Waals surface area contributed by atoms with Crippen molar-refractivity contribution in [2.45, 2.75) is 71.1 Å². The zero-order valence-electron chi connectivity index (χ0n) is 14.1. The number of hydrogen-bond acceptors (Lipinski definition) is 4. The molecule has 23 heavy (non-hydrogen) atoms. The third-order valence-corrected chi connectivity index (χ3v) is 3.86. The quantitative estimate of drug-likeness (QED) is 0.200. The molecule has 0 aliphatic rings. The van der Waals surface area contributed by atoms with Crippen LogP contribution in [0.5, 0.6) is 0 Å². The van der Waals surface area contributed by atoms with Gasteiger partial charge in [-0.2, -0.15) is 0 Å². The molecule has 0 spiro atoms. The van der Waals surface area contributed by atoms with Crippen molar-refractivity contribution in [2.24, 2.45) is 0 Å². The number of rotatable bonds is 15. The summed E-state index contributed by atoms with van der Waals surface area (Å²) in [6, 6.07) is 0. The van der Waals surface area contributed by atoms with Crippen molar-refractivity contribution in [3.63, 3.8) is 0 Å². The van der Waals surface area contributed by atoms with Gasteiger partial charge in [-0.05, 0) is 19.8 Å². The third kappa shape index (κ3) is 19.3. The molecule has 0 aromatic carbocycles. The summed E-state index contributed by atoms with van der Waals surface area (Å²) < 4.78 is 19.8. The molecule has 7 heteroatoms. The summed E-state index contributed by atoms with van der Waals surface area (Å²) in [6.45, 7) is 2.42. The number of allylic oxidation sites excluding steroid dienone is 1. The van der Waals surface area contributed by atoms with E-state index in [4.69, 9.17) is 14.5 Å². The van der Waals surface area contributed by atoms with E-state index >= 15 is 0 Å². The molecule has 136 valence electrons.